The summed E-state index contributed by atoms with van der Waals surface area (Å²) in [7, 11) is -2.70. The number of hydrogen-bond donors (Lipinski definition) is 1. The van der Waals surface area contributed by atoms with E-state index in [0.29, 0.717) is 10.6 Å². The molecule has 1 aromatic carbocycles. The van der Waals surface area contributed by atoms with Gasteiger partial charge < -0.3 is 14.4 Å². The molecule has 14 heteroatoms. The highest BCUT2D eigenvalue weighted by Crippen LogP contribution is 2.34. The Hall–Kier alpha value is -3.74. The Labute approximate surface area is 240 Å². The van der Waals surface area contributed by atoms with Gasteiger partial charge in [-0.3, -0.25) is 14.6 Å². The summed E-state index contributed by atoms with van der Waals surface area (Å²) in [5.74, 6) is -0.804. The molecule has 3 aromatic rings. The molecule has 1 aliphatic heterocycles. The molecule has 1 atom stereocenters. The molecule has 5 rings (SSSR count). The summed E-state index contributed by atoms with van der Waals surface area (Å²) in [5, 5.41) is 8.25. The van der Waals surface area contributed by atoms with E-state index in [0.717, 1.165) is 17.9 Å². The maximum atomic E-state index is 13.8. The number of carbonyl (C=O) groups is 2. The van der Waals surface area contributed by atoms with Gasteiger partial charge in [-0.05, 0) is 49.6 Å². The van der Waals surface area contributed by atoms with E-state index in [4.69, 9.17) is 27.4 Å². The van der Waals surface area contributed by atoms with Gasteiger partial charge in [0.15, 0.2) is 10.9 Å². The Kier molecular flexibility index (Phi) is 7.67. The van der Waals surface area contributed by atoms with Crippen LogP contribution in [0.1, 0.15) is 35.2 Å². The highest BCUT2D eigenvalue weighted by Gasteiger charge is 2.42. The SMILES string of the molecule is Cc1cc(Cl)cc(C(=O)N(C)C2CC2)c1NC(=O)C1CC(S(=O)(=O)Oc2ccncc2)=NN1c1ncccc1Cl. The monoisotopic (exact) mass is 602 g/mol. The quantitative estimate of drug-likeness (QED) is 0.396. The van der Waals surface area contributed by atoms with E-state index in [2.05, 4.69) is 20.4 Å². The van der Waals surface area contributed by atoms with E-state index < -0.39 is 27.1 Å². The lowest BCUT2D eigenvalue weighted by Crippen LogP contribution is -2.40. The van der Waals surface area contributed by atoms with E-state index in [9.17, 15) is 18.0 Å². The molecular weight excluding hydrogens is 579 g/mol. The largest absolute Gasteiger partial charge is 0.378 e. The molecule has 11 nitrogen and oxygen atoms in total. The Morgan fingerprint density at radius 3 is 2.52 bits per heavy atom. The van der Waals surface area contributed by atoms with Crippen molar-refractivity contribution in [3.05, 3.63) is 76.2 Å². The molecule has 0 spiro atoms. The van der Waals surface area contributed by atoms with Gasteiger partial charge in [-0.2, -0.15) is 13.5 Å². The standard InChI is InChI=1S/C26H24Cl2N6O5S/c1-15-12-16(27)13-19(26(36)33(2)17-5-6-17)23(15)31-25(35)21-14-22(32-34(21)24-20(28)4-3-9-30-24)40(37,38)39-18-7-10-29-11-8-18/h3-4,7-13,17,21H,5-6,14H2,1-2H3,(H,31,35). The van der Waals surface area contributed by atoms with Crippen molar-refractivity contribution in [3.8, 4) is 5.75 Å². The van der Waals surface area contributed by atoms with Crippen LogP contribution in [0.5, 0.6) is 5.75 Å². The lowest BCUT2D eigenvalue weighted by Gasteiger charge is -2.24. The molecule has 0 bridgehead atoms. The minimum Gasteiger partial charge on any atom is -0.378 e. The van der Waals surface area contributed by atoms with Crippen LogP contribution in [0.15, 0.2) is 60.1 Å². The summed E-state index contributed by atoms with van der Waals surface area (Å²) >= 11 is 12.6. The number of carbonyl (C=O) groups excluding carboxylic acids is 2. The zero-order chi connectivity index (χ0) is 28.6. The van der Waals surface area contributed by atoms with E-state index >= 15 is 0 Å². The van der Waals surface area contributed by atoms with Crippen molar-refractivity contribution in [2.24, 2.45) is 5.10 Å². The van der Waals surface area contributed by atoms with Crippen molar-refractivity contribution in [2.45, 2.75) is 38.3 Å². The highest BCUT2D eigenvalue weighted by atomic mass is 35.5. The molecule has 1 fully saturated rings. The van der Waals surface area contributed by atoms with Crippen LogP contribution in [0.4, 0.5) is 11.5 Å². The first kappa shape index (κ1) is 27.8. The van der Waals surface area contributed by atoms with Crippen LogP contribution in [0.2, 0.25) is 10.0 Å². The summed E-state index contributed by atoms with van der Waals surface area (Å²) in [6.07, 6.45) is 5.67. The van der Waals surface area contributed by atoms with E-state index in [1.165, 1.54) is 36.8 Å². The smallest absolute Gasteiger partial charge is 0.354 e. The minimum absolute atomic E-state index is 0.0349. The van der Waals surface area contributed by atoms with Crippen molar-refractivity contribution in [1.29, 1.82) is 0 Å². The van der Waals surface area contributed by atoms with Gasteiger partial charge in [0.05, 0.1) is 16.3 Å². The molecule has 1 unspecified atom stereocenters. The van der Waals surface area contributed by atoms with Crippen molar-refractivity contribution in [1.82, 2.24) is 14.9 Å². The molecule has 1 N–H and O–H groups in total. The van der Waals surface area contributed by atoms with Gasteiger partial charge in [0.1, 0.15) is 11.8 Å². The predicted molar refractivity (Wildman–Crippen MR) is 151 cm³/mol. The van der Waals surface area contributed by atoms with Crippen molar-refractivity contribution in [2.75, 3.05) is 17.4 Å². The maximum absolute atomic E-state index is 13.8. The van der Waals surface area contributed by atoms with Crippen LogP contribution in [0, 0.1) is 6.92 Å². The number of rotatable bonds is 7. The van der Waals surface area contributed by atoms with Gasteiger partial charge in [0.2, 0.25) is 5.91 Å². The van der Waals surface area contributed by atoms with Crippen LogP contribution in [0.3, 0.4) is 0 Å². The normalized spacial score (nSPS) is 16.9. The lowest BCUT2D eigenvalue weighted by atomic mass is 10.1. The summed E-state index contributed by atoms with van der Waals surface area (Å²) in [6.45, 7) is 1.71. The number of nitrogens with one attached hydrogen (secondary N) is 1. The average molecular weight is 603 g/mol. The summed E-state index contributed by atoms with van der Waals surface area (Å²) in [5.41, 5.74) is 1.05. The number of amides is 2. The predicted octanol–water partition coefficient (Wildman–Crippen LogP) is 4.27. The second kappa shape index (κ2) is 11.0. The van der Waals surface area contributed by atoms with Crippen LogP contribution >= 0.6 is 23.2 Å². The van der Waals surface area contributed by atoms with Crippen LogP contribution in [-0.4, -0.2) is 59.3 Å². The summed E-state index contributed by atoms with van der Waals surface area (Å²) < 4.78 is 31.4. The third-order valence-corrected chi connectivity index (χ3v) is 8.23. The average Bonchev–Trinajstić information content (AvgIpc) is 3.67. The molecule has 2 aromatic heterocycles. The van der Waals surface area contributed by atoms with Gasteiger partial charge in [0.25, 0.3) is 5.91 Å². The Balaban J connectivity index is 1.48. The molecule has 2 aliphatic rings. The van der Waals surface area contributed by atoms with Gasteiger partial charge >= 0.3 is 10.1 Å². The number of aromatic nitrogens is 2. The molecular formula is C26H24Cl2N6O5S. The zero-order valence-corrected chi connectivity index (χ0v) is 23.7. The van der Waals surface area contributed by atoms with Crippen LogP contribution in [0.25, 0.3) is 0 Å². The van der Waals surface area contributed by atoms with Crippen molar-refractivity contribution < 1.29 is 22.2 Å². The first-order valence-corrected chi connectivity index (χ1v) is 14.4. The van der Waals surface area contributed by atoms with Gasteiger partial charge in [0, 0.05) is 55.3 Å². The number of hydrogen-bond acceptors (Lipinski definition) is 9. The summed E-state index contributed by atoms with van der Waals surface area (Å²) in [6, 6.07) is 7.98. The molecule has 208 valence electrons. The fourth-order valence-electron chi connectivity index (χ4n) is 4.25. The van der Waals surface area contributed by atoms with E-state index in [-0.39, 0.29) is 46.2 Å². The van der Waals surface area contributed by atoms with E-state index in [1.807, 2.05) is 0 Å². The first-order chi connectivity index (χ1) is 19.0. The fraction of sp³-hybridized carbons (Fsp3) is 0.269. The number of nitrogens with zero attached hydrogens (tertiary/aromatic N) is 5. The topological polar surface area (TPSA) is 134 Å². The fourth-order valence-corrected chi connectivity index (χ4v) is 5.74. The second-order valence-electron chi connectivity index (χ2n) is 9.37. The number of hydrazone groups is 1. The Morgan fingerprint density at radius 2 is 1.85 bits per heavy atom. The van der Waals surface area contributed by atoms with Gasteiger partial charge in [-0.15, -0.1) is 0 Å². The zero-order valence-electron chi connectivity index (χ0n) is 21.4. The third-order valence-electron chi connectivity index (χ3n) is 6.48. The van der Waals surface area contributed by atoms with Crippen molar-refractivity contribution in [3.63, 3.8) is 0 Å². The second-order valence-corrected chi connectivity index (χ2v) is 11.8. The molecule has 3 heterocycles. The Morgan fingerprint density at radius 1 is 1.12 bits per heavy atom. The molecule has 1 aliphatic carbocycles. The number of anilines is 2. The molecule has 2 amide bonds. The van der Waals surface area contributed by atoms with Crippen LogP contribution in [-0.2, 0) is 14.9 Å². The molecule has 40 heavy (non-hydrogen) atoms. The van der Waals surface area contributed by atoms with Gasteiger partial charge in [-0.25, -0.2) is 9.99 Å². The maximum Gasteiger partial charge on any atom is 0.354 e. The first-order valence-electron chi connectivity index (χ1n) is 12.2. The highest BCUT2D eigenvalue weighted by molar-refractivity contribution is 8.02. The van der Waals surface area contributed by atoms with Gasteiger partial charge in [-0.1, -0.05) is 23.2 Å². The van der Waals surface area contributed by atoms with E-state index in [1.54, 1.807) is 37.1 Å². The number of benzene rings is 1. The summed E-state index contributed by atoms with van der Waals surface area (Å²) in [4.78, 5) is 36.7. The number of pyridine rings is 2. The number of halogens is 2. The van der Waals surface area contributed by atoms with Crippen LogP contribution < -0.4 is 14.5 Å². The lowest BCUT2D eigenvalue weighted by molar-refractivity contribution is -0.117. The minimum atomic E-state index is -4.40. The Bertz CT molecular complexity index is 1620. The molecule has 0 radical (unpaired) electrons. The molecule has 0 saturated heterocycles. The number of aryl methyl sites for hydroxylation is 1. The molecule has 1 saturated carbocycles. The third kappa shape index (κ3) is 5.74. The van der Waals surface area contributed by atoms with Crippen molar-refractivity contribution >= 4 is 61.7 Å².